The van der Waals surface area contributed by atoms with E-state index in [4.69, 9.17) is 4.74 Å². The molecule has 2 rings (SSSR count). The quantitative estimate of drug-likeness (QED) is 0.634. The molecule has 2 fully saturated rings. The minimum Gasteiger partial charge on any atom is -0.381 e. The van der Waals surface area contributed by atoms with Crippen LogP contribution in [0, 0.1) is 5.92 Å². The van der Waals surface area contributed by atoms with Crippen LogP contribution in [-0.4, -0.2) is 42.5 Å². The SMILES string of the molecule is CCN1C(=O)NC(=O)/C(=C\C=C\C2CCC(OC)CC2)C1=O. The molecule has 0 aromatic heterocycles. The van der Waals surface area contributed by atoms with Gasteiger partial charge in [-0.1, -0.05) is 12.2 Å². The second kappa shape index (κ2) is 7.35. The number of nitrogens with one attached hydrogen (secondary N) is 1. The summed E-state index contributed by atoms with van der Waals surface area (Å²) in [6.07, 6.45) is 9.74. The van der Waals surface area contributed by atoms with Gasteiger partial charge in [0.25, 0.3) is 11.8 Å². The molecule has 2 aliphatic rings. The fourth-order valence-electron chi connectivity index (χ4n) is 2.83. The predicted octanol–water partition coefficient (Wildman–Crippen LogP) is 1.77. The molecule has 0 aromatic carbocycles. The lowest BCUT2D eigenvalue weighted by atomic mass is 9.87. The van der Waals surface area contributed by atoms with Gasteiger partial charge in [-0.25, -0.2) is 4.79 Å². The zero-order valence-corrected chi connectivity index (χ0v) is 13.0. The fourth-order valence-corrected chi connectivity index (χ4v) is 2.83. The summed E-state index contributed by atoms with van der Waals surface area (Å²) >= 11 is 0. The van der Waals surface area contributed by atoms with Crippen LogP contribution in [0.15, 0.2) is 23.8 Å². The van der Waals surface area contributed by atoms with Crippen molar-refractivity contribution in [1.29, 1.82) is 0 Å². The molecule has 1 N–H and O–H groups in total. The minimum atomic E-state index is -0.656. The molecule has 0 spiro atoms. The smallest absolute Gasteiger partial charge is 0.331 e. The topological polar surface area (TPSA) is 75.7 Å². The Kier molecular flexibility index (Phi) is 5.49. The zero-order chi connectivity index (χ0) is 16.1. The first-order valence-corrected chi connectivity index (χ1v) is 7.65. The second-order valence-corrected chi connectivity index (χ2v) is 5.55. The maximum absolute atomic E-state index is 12.1. The molecule has 0 unspecified atom stereocenters. The second-order valence-electron chi connectivity index (χ2n) is 5.55. The van der Waals surface area contributed by atoms with Crippen LogP contribution in [0.25, 0.3) is 0 Å². The van der Waals surface area contributed by atoms with Gasteiger partial charge in [0.15, 0.2) is 0 Å². The van der Waals surface area contributed by atoms with Crippen molar-refractivity contribution in [3.63, 3.8) is 0 Å². The zero-order valence-electron chi connectivity index (χ0n) is 13.0. The van der Waals surface area contributed by atoms with Gasteiger partial charge in [-0.15, -0.1) is 0 Å². The van der Waals surface area contributed by atoms with E-state index >= 15 is 0 Å². The van der Waals surface area contributed by atoms with Crippen molar-refractivity contribution in [1.82, 2.24) is 10.2 Å². The number of likely N-dealkylation sites (N-methyl/N-ethyl adjacent to an activating group) is 1. The number of carbonyl (C=O) groups excluding carboxylic acids is 3. The van der Waals surface area contributed by atoms with Gasteiger partial charge < -0.3 is 4.74 Å². The van der Waals surface area contributed by atoms with Crippen molar-refractivity contribution in [2.24, 2.45) is 5.92 Å². The molecule has 0 radical (unpaired) electrons. The van der Waals surface area contributed by atoms with E-state index < -0.39 is 17.8 Å². The molecular weight excluding hydrogens is 284 g/mol. The molecule has 1 aliphatic carbocycles. The molecule has 22 heavy (non-hydrogen) atoms. The Hall–Kier alpha value is -1.95. The van der Waals surface area contributed by atoms with Crippen molar-refractivity contribution >= 4 is 17.8 Å². The van der Waals surface area contributed by atoms with Crippen molar-refractivity contribution in [3.05, 3.63) is 23.8 Å². The Morgan fingerprint density at radius 2 is 1.91 bits per heavy atom. The monoisotopic (exact) mass is 306 g/mol. The summed E-state index contributed by atoms with van der Waals surface area (Å²) in [6.45, 7) is 1.93. The molecule has 0 bridgehead atoms. The number of hydrogen-bond acceptors (Lipinski definition) is 4. The van der Waals surface area contributed by atoms with Gasteiger partial charge in [0.05, 0.1) is 6.10 Å². The average Bonchev–Trinajstić information content (AvgIpc) is 2.51. The summed E-state index contributed by atoms with van der Waals surface area (Å²) in [6, 6.07) is -0.656. The highest BCUT2D eigenvalue weighted by Gasteiger charge is 2.34. The third-order valence-corrected chi connectivity index (χ3v) is 4.20. The number of allylic oxidation sites excluding steroid dienone is 3. The Balaban J connectivity index is 1.99. The van der Waals surface area contributed by atoms with E-state index in [1.165, 1.54) is 6.08 Å². The van der Waals surface area contributed by atoms with Crippen LogP contribution >= 0.6 is 0 Å². The third-order valence-electron chi connectivity index (χ3n) is 4.20. The Labute approximate surface area is 130 Å². The number of imide groups is 2. The normalized spacial score (nSPS) is 28.5. The van der Waals surface area contributed by atoms with Crippen molar-refractivity contribution < 1.29 is 19.1 Å². The lowest BCUT2D eigenvalue weighted by Crippen LogP contribution is -2.53. The molecule has 0 aromatic rings. The number of ether oxygens (including phenoxy) is 1. The summed E-state index contributed by atoms with van der Waals surface area (Å²) in [7, 11) is 1.74. The van der Waals surface area contributed by atoms with E-state index in [0.29, 0.717) is 12.0 Å². The first kappa shape index (κ1) is 16.4. The van der Waals surface area contributed by atoms with Gasteiger partial charge in [-0.05, 0) is 44.6 Å². The third kappa shape index (κ3) is 3.62. The van der Waals surface area contributed by atoms with Crippen LogP contribution in [0.3, 0.4) is 0 Å². The van der Waals surface area contributed by atoms with Gasteiger partial charge in [0.2, 0.25) is 0 Å². The van der Waals surface area contributed by atoms with Crippen LogP contribution in [-0.2, 0) is 14.3 Å². The number of urea groups is 1. The number of rotatable bonds is 4. The minimum absolute atomic E-state index is 0.00303. The molecule has 6 heteroatoms. The lowest BCUT2D eigenvalue weighted by Gasteiger charge is -2.25. The van der Waals surface area contributed by atoms with Crippen LogP contribution in [0.2, 0.25) is 0 Å². The van der Waals surface area contributed by atoms with Gasteiger partial charge in [-0.2, -0.15) is 0 Å². The van der Waals surface area contributed by atoms with Crippen molar-refractivity contribution in [2.75, 3.05) is 13.7 Å². The Morgan fingerprint density at radius 1 is 1.23 bits per heavy atom. The number of carbonyl (C=O) groups is 3. The maximum atomic E-state index is 12.1. The van der Waals surface area contributed by atoms with Gasteiger partial charge >= 0.3 is 6.03 Å². The summed E-state index contributed by atoms with van der Waals surface area (Å²) in [5.41, 5.74) is 0.00303. The predicted molar refractivity (Wildman–Crippen MR) is 80.9 cm³/mol. The first-order valence-electron chi connectivity index (χ1n) is 7.65. The standard InChI is InChI=1S/C16H22N2O4/c1-3-18-15(20)13(14(19)17-16(18)21)6-4-5-11-7-9-12(22-2)10-8-11/h4-6,11-12H,3,7-10H2,1-2H3,(H,17,19,21)/b5-4+,13-6+. The molecule has 1 aliphatic heterocycles. The summed E-state index contributed by atoms with van der Waals surface area (Å²) in [5.74, 6) is -0.731. The molecule has 0 atom stereocenters. The molecule has 1 saturated carbocycles. The highest BCUT2D eigenvalue weighted by molar-refractivity contribution is 6.28. The highest BCUT2D eigenvalue weighted by atomic mass is 16.5. The molecule has 6 nitrogen and oxygen atoms in total. The van der Waals surface area contributed by atoms with E-state index in [9.17, 15) is 14.4 Å². The highest BCUT2D eigenvalue weighted by Crippen LogP contribution is 2.26. The van der Waals surface area contributed by atoms with Crippen LogP contribution in [0.5, 0.6) is 0 Å². The molecule has 4 amide bonds. The molecular formula is C16H22N2O4. The van der Waals surface area contributed by atoms with Gasteiger partial charge in [0, 0.05) is 13.7 Å². The van der Waals surface area contributed by atoms with Crippen molar-refractivity contribution in [3.8, 4) is 0 Å². The van der Waals surface area contributed by atoms with E-state index in [1.807, 2.05) is 6.08 Å². The van der Waals surface area contributed by atoms with Gasteiger partial charge in [-0.3, -0.25) is 19.8 Å². The van der Waals surface area contributed by atoms with Crippen LogP contribution < -0.4 is 5.32 Å². The van der Waals surface area contributed by atoms with Crippen LogP contribution in [0.1, 0.15) is 32.6 Å². The molecule has 120 valence electrons. The van der Waals surface area contributed by atoms with Crippen molar-refractivity contribution in [2.45, 2.75) is 38.7 Å². The number of nitrogens with zero attached hydrogens (tertiary/aromatic N) is 1. The average molecular weight is 306 g/mol. The molecule has 1 saturated heterocycles. The summed E-state index contributed by atoms with van der Waals surface area (Å²) in [5, 5.41) is 2.17. The number of barbiturate groups is 1. The summed E-state index contributed by atoms with van der Waals surface area (Å²) < 4.78 is 5.33. The lowest BCUT2D eigenvalue weighted by molar-refractivity contribution is -0.130. The Bertz CT molecular complexity index is 516. The van der Waals surface area contributed by atoms with Gasteiger partial charge in [0.1, 0.15) is 5.57 Å². The van der Waals surface area contributed by atoms with E-state index in [2.05, 4.69) is 5.32 Å². The number of amides is 4. The Morgan fingerprint density at radius 3 is 2.50 bits per heavy atom. The largest absolute Gasteiger partial charge is 0.381 e. The maximum Gasteiger partial charge on any atom is 0.331 e. The number of hydrogen-bond donors (Lipinski definition) is 1. The van der Waals surface area contributed by atoms with E-state index in [1.54, 1.807) is 20.1 Å². The van der Waals surface area contributed by atoms with Crippen LogP contribution in [0.4, 0.5) is 4.79 Å². The molecule has 1 heterocycles. The van der Waals surface area contributed by atoms with E-state index in [-0.39, 0.29) is 12.1 Å². The number of methoxy groups -OCH3 is 1. The fraction of sp³-hybridized carbons (Fsp3) is 0.562. The van der Waals surface area contributed by atoms with E-state index in [0.717, 1.165) is 30.6 Å². The summed E-state index contributed by atoms with van der Waals surface area (Å²) in [4.78, 5) is 36.3. The first-order chi connectivity index (χ1) is 10.6.